The first kappa shape index (κ1) is 24.6. The zero-order valence-electron chi connectivity index (χ0n) is 22.6. The van der Waals surface area contributed by atoms with Crippen molar-refractivity contribution in [1.82, 2.24) is 0 Å². The highest BCUT2D eigenvalue weighted by Crippen LogP contribution is 2.72. The Balaban J connectivity index is 1.62. The third kappa shape index (κ3) is 3.34. The summed E-state index contributed by atoms with van der Waals surface area (Å²) in [7, 11) is 0. The molecule has 0 aromatic carbocycles. The zero-order chi connectivity index (χ0) is 23.7. The number of hydrogen-bond donors (Lipinski definition) is 1. The van der Waals surface area contributed by atoms with Crippen LogP contribution in [0.1, 0.15) is 120 Å². The summed E-state index contributed by atoms with van der Waals surface area (Å²) >= 11 is 0. The number of hydrogen-bond acceptors (Lipinski definition) is 1. The van der Waals surface area contributed by atoms with Gasteiger partial charge in [-0.05, 0) is 110 Å². The van der Waals surface area contributed by atoms with Crippen LogP contribution in [0.25, 0.3) is 0 Å². The van der Waals surface area contributed by atoms with Gasteiger partial charge in [0, 0.05) is 0 Å². The average Bonchev–Trinajstić information content (AvgIpc) is 3.00. The van der Waals surface area contributed by atoms with E-state index in [2.05, 4.69) is 62.0 Å². The van der Waals surface area contributed by atoms with Crippen LogP contribution in [0.15, 0.2) is 23.3 Å². The van der Waals surface area contributed by atoms with Crippen molar-refractivity contribution in [2.45, 2.75) is 126 Å². The van der Waals surface area contributed by atoms with E-state index in [-0.39, 0.29) is 11.5 Å². The van der Waals surface area contributed by atoms with Gasteiger partial charge in [-0.1, -0.05) is 78.7 Å². The lowest BCUT2D eigenvalue weighted by Crippen LogP contribution is -2.55. The second kappa shape index (κ2) is 8.00. The van der Waals surface area contributed by atoms with E-state index in [0.717, 1.165) is 18.3 Å². The van der Waals surface area contributed by atoms with Gasteiger partial charge in [-0.15, -0.1) is 0 Å². The third-order valence-electron chi connectivity index (χ3n) is 12.2. The van der Waals surface area contributed by atoms with Crippen molar-refractivity contribution in [2.24, 2.45) is 45.3 Å². The Morgan fingerprint density at radius 2 is 1.62 bits per heavy atom. The first-order valence-electron chi connectivity index (χ1n) is 13.9. The molecule has 0 aromatic heterocycles. The molecule has 1 nitrogen and oxygen atoms in total. The van der Waals surface area contributed by atoms with E-state index in [9.17, 15) is 5.11 Å². The average molecular weight is 441 g/mol. The predicted molar refractivity (Wildman–Crippen MR) is 137 cm³/mol. The van der Waals surface area contributed by atoms with Gasteiger partial charge >= 0.3 is 0 Å². The van der Waals surface area contributed by atoms with Crippen LogP contribution in [0.2, 0.25) is 0 Å². The number of rotatable bonds is 5. The summed E-state index contributed by atoms with van der Waals surface area (Å²) in [5, 5.41) is 10.8. The predicted octanol–water partition coefficient (Wildman–Crippen LogP) is 8.73. The number of fused-ring (bicyclic) bond motifs is 4. The normalized spacial score (nSPS) is 44.1. The summed E-state index contributed by atoms with van der Waals surface area (Å²) < 4.78 is 0. The lowest BCUT2D eigenvalue weighted by atomic mass is 9.43. The second-order valence-corrected chi connectivity index (χ2v) is 14.1. The van der Waals surface area contributed by atoms with E-state index in [1.807, 2.05) is 11.1 Å². The Morgan fingerprint density at radius 3 is 2.28 bits per heavy atom. The van der Waals surface area contributed by atoms with E-state index in [1.165, 1.54) is 63.4 Å². The van der Waals surface area contributed by atoms with E-state index in [4.69, 9.17) is 0 Å². The summed E-state index contributed by atoms with van der Waals surface area (Å²) in [6.07, 6.45) is 12.6. The molecule has 0 aliphatic heterocycles. The minimum atomic E-state index is -0.135. The Morgan fingerprint density at radius 1 is 0.938 bits per heavy atom. The Hall–Kier alpha value is -0.560. The number of aliphatic hydroxyl groups excluding tert-OH is 1. The van der Waals surface area contributed by atoms with Gasteiger partial charge in [0.05, 0.1) is 6.10 Å². The summed E-state index contributed by atoms with van der Waals surface area (Å²) in [6, 6.07) is 0. The maximum atomic E-state index is 10.8. The monoisotopic (exact) mass is 440 g/mol. The molecule has 0 aromatic rings. The minimum absolute atomic E-state index is 0.0404. The van der Waals surface area contributed by atoms with Crippen molar-refractivity contribution < 1.29 is 5.11 Å². The van der Waals surface area contributed by atoms with Gasteiger partial charge < -0.3 is 5.11 Å². The molecule has 1 unspecified atom stereocenters. The van der Waals surface area contributed by atoms with Crippen LogP contribution < -0.4 is 0 Å². The highest BCUT2D eigenvalue weighted by atomic mass is 16.3. The third-order valence-corrected chi connectivity index (χ3v) is 12.2. The van der Waals surface area contributed by atoms with Gasteiger partial charge in [-0.2, -0.15) is 0 Å². The quantitative estimate of drug-likeness (QED) is 0.424. The van der Waals surface area contributed by atoms with Gasteiger partial charge in [0.25, 0.3) is 0 Å². The molecule has 0 bridgehead atoms. The van der Waals surface area contributed by atoms with Gasteiger partial charge in [0.1, 0.15) is 0 Å². The van der Waals surface area contributed by atoms with Crippen LogP contribution in [-0.4, -0.2) is 11.2 Å². The maximum Gasteiger partial charge on any atom is 0.0594 e. The summed E-state index contributed by atoms with van der Waals surface area (Å²) in [5.41, 5.74) is 6.32. The lowest BCUT2D eigenvalue weighted by Gasteiger charge is -2.62. The molecule has 0 saturated heterocycles. The molecule has 7 atom stereocenters. The molecular formula is C31H52O. The molecule has 0 spiro atoms. The molecule has 32 heavy (non-hydrogen) atoms. The fraction of sp³-hybridized carbons (Fsp3) is 0.871. The molecule has 182 valence electrons. The highest BCUT2D eigenvalue weighted by molar-refractivity contribution is 5.38. The fourth-order valence-electron chi connectivity index (χ4n) is 9.53. The first-order valence-corrected chi connectivity index (χ1v) is 13.9. The molecule has 0 radical (unpaired) electrons. The Labute approximate surface area is 199 Å². The molecular weight excluding hydrogens is 388 g/mol. The van der Waals surface area contributed by atoms with Crippen LogP contribution in [-0.2, 0) is 0 Å². The first-order chi connectivity index (χ1) is 14.8. The summed E-state index contributed by atoms with van der Waals surface area (Å²) in [4.78, 5) is 0. The van der Waals surface area contributed by atoms with Crippen LogP contribution in [0, 0.1) is 45.3 Å². The number of aliphatic hydroxyl groups is 1. The lowest BCUT2D eigenvalue weighted by molar-refractivity contribution is -0.0962. The van der Waals surface area contributed by atoms with Gasteiger partial charge in [0.15, 0.2) is 0 Å². The Kier molecular flexibility index (Phi) is 6.14. The fourth-order valence-corrected chi connectivity index (χ4v) is 9.53. The minimum Gasteiger partial charge on any atom is -0.393 e. The highest BCUT2D eigenvalue weighted by Gasteiger charge is 2.63. The van der Waals surface area contributed by atoms with Crippen molar-refractivity contribution >= 4 is 0 Å². The smallest absolute Gasteiger partial charge is 0.0594 e. The molecule has 4 rings (SSSR count). The van der Waals surface area contributed by atoms with Crippen molar-refractivity contribution in [2.75, 3.05) is 0 Å². The molecule has 2 fully saturated rings. The van der Waals surface area contributed by atoms with E-state index < -0.39 is 0 Å². The van der Waals surface area contributed by atoms with Crippen molar-refractivity contribution in [1.29, 1.82) is 0 Å². The van der Waals surface area contributed by atoms with Gasteiger partial charge in [-0.3, -0.25) is 0 Å². The molecule has 2 saturated carbocycles. The maximum absolute atomic E-state index is 10.8. The standard InChI is InChI=1S/C31H52O/c1-20(2)21(3)10-11-22(4)23-14-18-31(9)25-12-13-26-28(5,6)27(32)16-17-29(26,7)24(25)15-19-30(23,31)8/h20,22-23,26-27,32H,3,10-19H2,1-2,4-9H3/t22-,23-,26?,27+,29-,30-,31+/m1/s1. The topological polar surface area (TPSA) is 20.2 Å². The van der Waals surface area contributed by atoms with Crippen LogP contribution in [0.4, 0.5) is 0 Å². The van der Waals surface area contributed by atoms with Crippen LogP contribution >= 0.6 is 0 Å². The van der Waals surface area contributed by atoms with E-state index >= 15 is 0 Å². The van der Waals surface area contributed by atoms with Crippen molar-refractivity contribution in [3.63, 3.8) is 0 Å². The van der Waals surface area contributed by atoms with Gasteiger partial charge in [-0.25, -0.2) is 0 Å². The van der Waals surface area contributed by atoms with Crippen molar-refractivity contribution in [3.8, 4) is 0 Å². The van der Waals surface area contributed by atoms with Crippen molar-refractivity contribution in [3.05, 3.63) is 23.3 Å². The second-order valence-electron chi connectivity index (χ2n) is 14.1. The van der Waals surface area contributed by atoms with Crippen LogP contribution in [0.5, 0.6) is 0 Å². The number of allylic oxidation sites excluding steroid dienone is 3. The molecule has 0 heterocycles. The molecule has 0 amide bonds. The van der Waals surface area contributed by atoms with Gasteiger partial charge in [0.2, 0.25) is 0 Å². The van der Waals surface area contributed by atoms with Crippen LogP contribution in [0.3, 0.4) is 0 Å². The Bertz CT molecular complexity index is 786. The summed E-state index contributed by atoms with van der Waals surface area (Å²) in [5.74, 6) is 2.87. The molecule has 4 aliphatic carbocycles. The van der Waals surface area contributed by atoms with E-state index in [1.54, 1.807) is 0 Å². The molecule has 1 heteroatoms. The SMILES string of the molecule is C=C(CC[C@@H](C)[C@H]1CC[C@@]2(C)C3=C(CC[C@]12C)[C@@]1(C)CC[C@H](O)C(C)(C)C1CC3)C(C)C. The largest absolute Gasteiger partial charge is 0.393 e. The molecule has 4 aliphatic rings. The summed E-state index contributed by atoms with van der Waals surface area (Å²) in [6.45, 7) is 24.1. The van der Waals surface area contributed by atoms with E-state index in [0.29, 0.717) is 28.1 Å². The molecule has 1 N–H and O–H groups in total. The zero-order valence-corrected chi connectivity index (χ0v) is 22.6.